The molecule has 0 aliphatic carbocycles. The molecule has 0 spiro atoms. The Kier molecular flexibility index (Phi) is 6.72. The molecule has 2 aliphatic rings. The molecule has 0 aromatic heterocycles. The predicted molar refractivity (Wildman–Crippen MR) is 135 cm³/mol. The smallest absolute Gasteiger partial charge is 0.244 e. The van der Waals surface area contributed by atoms with Crippen LogP contribution in [-0.2, 0) is 14.6 Å². The summed E-state index contributed by atoms with van der Waals surface area (Å²) in [5.74, 6) is 0.784. The van der Waals surface area contributed by atoms with Gasteiger partial charge in [-0.2, -0.15) is 0 Å². The van der Waals surface area contributed by atoms with Gasteiger partial charge < -0.3 is 15.0 Å². The van der Waals surface area contributed by atoms with E-state index < -0.39 is 9.84 Å². The first-order chi connectivity index (χ1) is 15.6. The first-order valence-electron chi connectivity index (χ1n) is 11.0. The number of thioether (sulfide) groups is 1. The number of fused-ring (bicyclic) bond motifs is 1. The Balaban J connectivity index is 1.59. The van der Waals surface area contributed by atoms with E-state index in [2.05, 4.69) is 5.32 Å². The fraction of sp³-hybridized carbons (Fsp3) is 0.417. The monoisotopic (exact) mass is 487 g/mol. The molecule has 1 saturated heterocycles. The van der Waals surface area contributed by atoms with Crippen LogP contribution in [0.4, 0.5) is 11.4 Å². The molecule has 2 heterocycles. The van der Waals surface area contributed by atoms with Crippen LogP contribution in [0.15, 0.2) is 41.4 Å². The molecule has 1 N–H and O–H groups in total. The summed E-state index contributed by atoms with van der Waals surface area (Å²) in [6.07, 6.45) is 0. The van der Waals surface area contributed by atoms with Gasteiger partial charge in [-0.05, 0) is 63.1 Å². The average molecular weight is 488 g/mol. The zero-order valence-corrected chi connectivity index (χ0v) is 20.9. The molecule has 33 heavy (non-hydrogen) atoms. The van der Waals surface area contributed by atoms with Gasteiger partial charge in [0.2, 0.25) is 5.91 Å². The number of hydrogen-bond acceptors (Lipinski definition) is 7. The number of anilines is 2. The highest BCUT2D eigenvalue weighted by Crippen LogP contribution is 2.37. The Labute approximate surface area is 199 Å². The van der Waals surface area contributed by atoms with E-state index in [-0.39, 0.29) is 35.2 Å². The number of nitrogens with zero attached hydrogens (tertiary/aromatic N) is 2. The van der Waals surface area contributed by atoms with Crippen molar-refractivity contribution in [1.29, 1.82) is 0 Å². The quantitative estimate of drug-likeness (QED) is 0.668. The minimum Gasteiger partial charge on any atom is -0.494 e. The number of nitrogens with one attached hydrogen (secondary N) is 1. The highest BCUT2D eigenvalue weighted by Gasteiger charge is 2.44. The molecule has 7 nitrogen and oxygen atoms in total. The van der Waals surface area contributed by atoms with Crippen molar-refractivity contribution in [3.05, 3.63) is 53.1 Å². The number of amides is 1. The average Bonchev–Trinajstić information content (AvgIpc) is 3.23. The number of carbonyl (C=O) groups is 1. The van der Waals surface area contributed by atoms with Crippen molar-refractivity contribution in [2.24, 2.45) is 4.99 Å². The lowest BCUT2D eigenvalue weighted by atomic mass is 10.1. The summed E-state index contributed by atoms with van der Waals surface area (Å²) in [6, 6.07) is 11.4. The van der Waals surface area contributed by atoms with Crippen molar-refractivity contribution in [1.82, 2.24) is 0 Å². The maximum Gasteiger partial charge on any atom is 0.244 e. The van der Waals surface area contributed by atoms with Crippen molar-refractivity contribution in [2.45, 2.75) is 39.0 Å². The molecule has 1 fully saturated rings. The van der Waals surface area contributed by atoms with E-state index in [1.165, 1.54) is 11.8 Å². The summed E-state index contributed by atoms with van der Waals surface area (Å²) in [6.45, 7) is 8.57. The minimum atomic E-state index is -3.05. The first kappa shape index (κ1) is 23.6. The van der Waals surface area contributed by atoms with Gasteiger partial charge in [0.15, 0.2) is 15.0 Å². The van der Waals surface area contributed by atoms with Crippen LogP contribution in [-0.4, -0.2) is 55.4 Å². The standard InChI is InChI=1S/C24H29N3O4S2/c1-5-31-19-8-6-18(7-9-19)27(24-25-20-13-33(29,30)14-21(20)32-24)12-22(28)26-23-16(3)10-15(2)11-17(23)4/h6-11,20-21H,5,12-14H2,1-4H3,(H,26,28)/t20-,21-/m1/s1. The molecule has 0 unspecified atom stereocenters. The molecule has 2 aromatic rings. The number of rotatable bonds is 6. The lowest BCUT2D eigenvalue weighted by Crippen LogP contribution is -2.37. The van der Waals surface area contributed by atoms with Crippen LogP contribution in [0, 0.1) is 20.8 Å². The van der Waals surface area contributed by atoms with Crippen LogP contribution >= 0.6 is 11.8 Å². The topological polar surface area (TPSA) is 88.1 Å². The van der Waals surface area contributed by atoms with E-state index in [1.54, 1.807) is 0 Å². The highest BCUT2D eigenvalue weighted by molar-refractivity contribution is 8.15. The number of aryl methyl sites for hydroxylation is 3. The Morgan fingerprint density at radius 2 is 1.82 bits per heavy atom. The normalized spacial score (nSPS) is 20.8. The lowest BCUT2D eigenvalue weighted by Gasteiger charge is -2.25. The van der Waals surface area contributed by atoms with Crippen LogP contribution in [0.1, 0.15) is 23.6 Å². The number of amidine groups is 1. The third-order valence-corrected chi connectivity index (χ3v) is 8.99. The minimum absolute atomic E-state index is 0.0682. The van der Waals surface area contributed by atoms with Crippen molar-refractivity contribution >= 4 is 44.0 Å². The molecule has 9 heteroatoms. The van der Waals surface area contributed by atoms with Crippen molar-refractivity contribution in [3.8, 4) is 5.75 Å². The number of aliphatic imine (C=N–C) groups is 1. The number of sulfone groups is 1. The largest absolute Gasteiger partial charge is 0.494 e. The van der Waals surface area contributed by atoms with Gasteiger partial charge in [-0.15, -0.1) is 0 Å². The van der Waals surface area contributed by atoms with Crippen molar-refractivity contribution in [2.75, 3.05) is 34.9 Å². The number of carbonyl (C=O) groups excluding carboxylic acids is 1. The molecule has 176 valence electrons. The Bertz CT molecular complexity index is 1170. The molecule has 2 atom stereocenters. The summed E-state index contributed by atoms with van der Waals surface area (Å²) in [5.41, 5.74) is 4.81. The zero-order chi connectivity index (χ0) is 23.8. The van der Waals surface area contributed by atoms with E-state index in [0.717, 1.165) is 33.8 Å². The fourth-order valence-electron chi connectivity index (χ4n) is 4.33. The molecule has 2 aliphatic heterocycles. The van der Waals surface area contributed by atoms with Gasteiger partial charge in [-0.25, -0.2) is 8.42 Å². The Morgan fingerprint density at radius 1 is 1.15 bits per heavy atom. The number of hydrogen-bond donors (Lipinski definition) is 1. The molecule has 0 saturated carbocycles. The second kappa shape index (κ2) is 9.38. The maximum atomic E-state index is 13.1. The van der Waals surface area contributed by atoms with E-state index in [0.29, 0.717) is 11.8 Å². The summed E-state index contributed by atoms with van der Waals surface area (Å²) >= 11 is 1.44. The number of benzene rings is 2. The van der Waals surface area contributed by atoms with Gasteiger partial charge in [-0.3, -0.25) is 9.79 Å². The van der Waals surface area contributed by atoms with Gasteiger partial charge in [0.25, 0.3) is 0 Å². The third kappa shape index (κ3) is 5.35. The predicted octanol–water partition coefficient (Wildman–Crippen LogP) is 3.72. The number of ether oxygens (including phenoxy) is 1. The summed E-state index contributed by atoms with van der Waals surface area (Å²) in [4.78, 5) is 19.7. The van der Waals surface area contributed by atoms with Crippen LogP contribution in [0.2, 0.25) is 0 Å². The molecular formula is C24H29N3O4S2. The molecule has 1 amide bonds. The first-order valence-corrected chi connectivity index (χ1v) is 13.7. The summed E-state index contributed by atoms with van der Waals surface area (Å²) < 4.78 is 29.5. The second-order valence-corrected chi connectivity index (χ2v) is 11.9. The molecule has 0 bridgehead atoms. The van der Waals surface area contributed by atoms with Crippen molar-refractivity contribution < 1.29 is 17.9 Å². The van der Waals surface area contributed by atoms with Gasteiger partial charge in [-0.1, -0.05) is 29.5 Å². The van der Waals surface area contributed by atoms with Gasteiger partial charge in [0, 0.05) is 16.6 Å². The third-order valence-electron chi connectivity index (χ3n) is 5.74. The second-order valence-electron chi connectivity index (χ2n) is 8.55. The van der Waals surface area contributed by atoms with Crippen molar-refractivity contribution in [3.63, 3.8) is 0 Å². The molecule has 2 aromatic carbocycles. The SMILES string of the molecule is CCOc1ccc(N(CC(=O)Nc2c(C)cc(C)cc2C)C2=N[C@@H]3CS(=O)(=O)C[C@H]3S2)cc1. The lowest BCUT2D eigenvalue weighted by molar-refractivity contribution is -0.114. The summed E-state index contributed by atoms with van der Waals surface area (Å²) in [5, 5.41) is 3.64. The summed E-state index contributed by atoms with van der Waals surface area (Å²) in [7, 11) is -3.05. The molecule has 4 rings (SSSR count). The zero-order valence-electron chi connectivity index (χ0n) is 19.3. The molecular weight excluding hydrogens is 458 g/mol. The highest BCUT2D eigenvalue weighted by atomic mass is 32.2. The van der Waals surface area contributed by atoms with Crippen LogP contribution in [0.5, 0.6) is 5.75 Å². The van der Waals surface area contributed by atoms with E-state index in [4.69, 9.17) is 9.73 Å². The van der Waals surface area contributed by atoms with Gasteiger partial charge >= 0.3 is 0 Å². The molecule has 0 radical (unpaired) electrons. The van der Waals surface area contributed by atoms with Crippen LogP contribution in [0.3, 0.4) is 0 Å². The fourth-order valence-corrected chi connectivity index (χ4v) is 8.11. The van der Waals surface area contributed by atoms with Gasteiger partial charge in [0.05, 0.1) is 24.2 Å². The van der Waals surface area contributed by atoms with Crippen LogP contribution in [0.25, 0.3) is 0 Å². The van der Waals surface area contributed by atoms with E-state index in [1.807, 2.05) is 69.0 Å². The Hall–Kier alpha value is -2.52. The van der Waals surface area contributed by atoms with E-state index >= 15 is 0 Å². The maximum absolute atomic E-state index is 13.1. The van der Waals surface area contributed by atoms with E-state index in [9.17, 15) is 13.2 Å². The van der Waals surface area contributed by atoms with Crippen LogP contribution < -0.4 is 15.0 Å². The Morgan fingerprint density at radius 3 is 2.42 bits per heavy atom. The van der Waals surface area contributed by atoms with Gasteiger partial charge in [0.1, 0.15) is 12.3 Å².